The predicted molar refractivity (Wildman–Crippen MR) is 120 cm³/mol. The molecule has 0 bridgehead atoms. The standard InChI is InChI=1S/C20H24N2O5S3/c1-14(2)15-3-5-16(6-4-15)21-18(23)13-27-20(24)19-17(7-10-29-19)30(25,26)22-8-11-28-12-9-22/h3-7,10,14H,8-9,11-13H2,1-2H3,(H,21,23). The molecular weight excluding hydrogens is 444 g/mol. The molecule has 162 valence electrons. The average molecular weight is 469 g/mol. The van der Waals surface area contributed by atoms with E-state index in [-0.39, 0.29) is 9.77 Å². The van der Waals surface area contributed by atoms with Crippen molar-refractivity contribution >= 4 is 50.7 Å². The van der Waals surface area contributed by atoms with Gasteiger partial charge in [-0.1, -0.05) is 26.0 Å². The molecule has 1 amide bonds. The number of benzene rings is 1. The van der Waals surface area contributed by atoms with Crippen LogP contribution >= 0.6 is 23.1 Å². The van der Waals surface area contributed by atoms with Gasteiger partial charge in [-0.25, -0.2) is 13.2 Å². The lowest BCUT2D eigenvalue weighted by Gasteiger charge is -2.25. The van der Waals surface area contributed by atoms with Crippen molar-refractivity contribution in [2.75, 3.05) is 36.5 Å². The fourth-order valence-corrected chi connectivity index (χ4v) is 6.78. The topological polar surface area (TPSA) is 92.8 Å². The second kappa shape index (κ2) is 9.95. The Balaban J connectivity index is 1.60. The van der Waals surface area contributed by atoms with Crippen molar-refractivity contribution in [2.45, 2.75) is 24.7 Å². The van der Waals surface area contributed by atoms with Gasteiger partial charge in [0.15, 0.2) is 6.61 Å². The van der Waals surface area contributed by atoms with Gasteiger partial charge in [-0.15, -0.1) is 11.3 Å². The molecule has 1 saturated heterocycles. The Labute approximate surface area is 184 Å². The lowest BCUT2D eigenvalue weighted by atomic mass is 10.0. The largest absolute Gasteiger partial charge is 0.451 e. The maximum Gasteiger partial charge on any atom is 0.350 e. The molecule has 0 atom stereocenters. The molecule has 1 N–H and O–H groups in total. The van der Waals surface area contributed by atoms with Gasteiger partial charge in [-0.05, 0) is 35.1 Å². The summed E-state index contributed by atoms with van der Waals surface area (Å²) in [5.41, 5.74) is 1.75. The van der Waals surface area contributed by atoms with Gasteiger partial charge < -0.3 is 10.1 Å². The van der Waals surface area contributed by atoms with E-state index in [4.69, 9.17) is 4.74 Å². The summed E-state index contributed by atoms with van der Waals surface area (Å²) in [6.45, 7) is 4.49. The minimum Gasteiger partial charge on any atom is -0.451 e. The highest BCUT2D eigenvalue weighted by atomic mass is 32.2. The highest BCUT2D eigenvalue weighted by Gasteiger charge is 2.31. The summed E-state index contributed by atoms with van der Waals surface area (Å²) < 4.78 is 32.2. The number of esters is 1. The Bertz CT molecular complexity index is 994. The molecule has 1 aliphatic rings. The molecule has 0 unspecified atom stereocenters. The molecule has 0 radical (unpaired) electrons. The van der Waals surface area contributed by atoms with Crippen LogP contribution in [0.4, 0.5) is 5.69 Å². The van der Waals surface area contributed by atoms with E-state index in [2.05, 4.69) is 19.2 Å². The minimum absolute atomic E-state index is 0.0117. The molecule has 0 spiro atoms. The number of nitrogens with zero attached hydrogens (tertiary/aromatic N) is 1. The van der Waals surface area contributed by atoms with E-state index in [1.54, 1.807) is 29.3 Å². The highest BCUT2D eigenvalue weighted by molar-refractivity contribution is 7.99. The average Bonchev–Trinajstić information content (AvgIpc) is 3.24. The van der Waals surface area contributed by atoms with Crippen LogP contribution in [-0.2, 0) is 19.6 Å². The summed E-state index contributed by atoms with van der Waals surface area (Å²) in [6.07, 6.45) is 0. The fraction of sp³-hybridized carbons (Fsp3) is 0.400. The number of rotatable bonds is 7. The third-order valence-electron chi connectivity index (χ3n) is 4.60. The van der Waals surface area contributed by atoms with Crippen molar-refractivity contribution in [1.29, 1.82) is 0 Å². The first-order valence-electron chi connectivity index (χ1n) is 9.51. The van der Waals surface area contributed by atoms with Crippen LogP contribution in [0.15, 0.2) is 40.6 Å². The highest BCUT2D eigenvalue weighted by Crippen LogP contribution is 2.27. The van der Waals surface area contributed by atoms with Crippen LogP contribution in [0.2, 0.25) is 0 Å². The number of thiophene rings is 1. The zero-order chi connectivity index (χ0) is 21.7. The Morgan fingerprint density at radius 1 is 1.13 bits per heavy atom. The van der Waals surface area contributed by atoms with E-state index < -0.39 is 28.5 Å². The van der Waals surface area contributed by atoms with Crippen LogP contribution < -0.4 is 5.32 Å². The molecular formula is C20H24N2O5S3. The molecule has 3 rings (SSSR count). The van der Waals surface area contributed by atoms with Crippen LogP contribution in [0.1, 0.15) is 35.0 Å². The Hall–Kier alpha value is -1.88. The zero-order valence-electron chi connectivity index (χ0n) is 16.8. The summed E-state index contributed by atoms with van der Waals surface area (Å²) in [5, 5.41) is 4.20. The first kappa shape index (κ1) is 22.8. The zero-order valence-corrected chi connectivity index (χ0v) is 19.2. The van der Waals surface area contributed by atoms with Crippen LogP contribution in [0.5, 0.6) is 0 Å². The molecule has 1 aliphatic heterocycles. The maximum atomic E-state index is 12.9. The van der Waals surface area contributed by atoms with E-state index in [0.717, 1.165) is 28.4 Å². The van der Waals surface area contributed by atoms with Crippen LogP contribution in [0, 0.1) is 0 Å². The van der Waals surface area contributed by atoms with Crippen molar-refractivity contribution in [2.24, 2.45) is 0 Å². The number of carbonyl (C=O) groups excluding carboxylic acids is 2. The van der Waals surface area contributed by atoms with Gasteiger partial charge in [0.1, 0.15) is 9.77 Å². The summed E-state index contributed by atoms with van der Waals surface area (Å²) in [6, 6.07) is 8.84. The monoisotopic (exact) mass is 468 g/mol. The Morgan fingerprint density at radius 2 is 1.80 bits per heavy atom. The number of anilines is 1. The maximum absolute atomic E-state index is 12.9. The molecule has 1 fully saturated rings. The van der Waals surface area contributed by atoms with Crippen molar-refractivity contribution < 1.29 is 22.7 Å². The summed E-state index contributed by atoms with van der Waals surface area (Å²) >= 11 is 2.69. The van der Waals surface area contributed by atoms with Crippen LogP contribution in [0.25, 0.3) is 0 Å². The minimum atomic E-state index is -3.76. The summed E-state index contributed by atoms with van der Waals surface area (Å²) in [4.78, 5) is 24.5. The van der Waals surface area contributed by atoms with Gasteiger partial charge in [0.2, 0.25) is 10.0 Å². The molecule has 10 heteroatoms. The van der Waals surface area contributed by atoms with Gasteiger partial charge in [0.25, 0.3) is 5.91 Å². The van der Waals surface area contributed by atoms with Crippen molar-refractivity contribution in [3.63, 3.8) is 0 Å². The van der Waals surface area contributed by atoms with Gasteiger partial charge in [-0.2, -0.15) is 16.1 Å². The number of nitrogens with one attached hydrogen (secondary N) is 1. The second-order valence-corrected chi connectivity index (χ2v) is 11.1. The van der Waals surface area contributed by atoms with E-state index >= 15 is 0 Å². The first-order chi connectivity index (χ1) is 14.3. The quantitative estimate of drug-likeness (QED) is 0.626. The molecule has 2 aromatic rings. The summed E-state index contributed by atoms with van der Waals surface area (Å²) in [7, 11) is -3.76. The first-order valence-corrected chi connectivity index (χ1v) is 13.0. The molecule has 1 aromatic heterocycles. The molecule has 1 aromatic carbocycles. The number of hydrogen-bond donors (Lipinski definition) is 1. The van der Waals surface area contributed by atoms with Crippen molar-refractivity contribution in [1.82, 2.24) is 4.31 Å². The van der Waals surface area contributed by atoms with Crippen molar-refractivity contribution in [3.8, 4) is 0 Å². The number of amides is 1. The molecule has 0 saturated carbocycles. The predicted octanol–water partition coefficient (Wildman–Crippen LogP) is 3.40. The van der Waals surface area contributed by atoms with Crippen molar-refractivity contribution in [3.05, 3.63) is 46.2 Å². The van der Waals surface area contributed by atoms with Gasteiger partial charge in [0, 0.05) is 30.3 Å². The third-order valence-corrected chi connectivity index (χ3v) is 8.50. The third kappa shape index (κ3) is 5.42. The van der Waals surface area contributed by atoms with Crippen LogP contribution in [0.3, 0.4) is 0 Å². The van der Waals surface area contributed by atoms with Gasteiger partial charge in [-0.3, -0.25) is 4.79 Å². The fourth-order valence-electron chi connectivity index (χ4n) is 2.92. The van der Waals surface area contributed by atoms with Crippen LogP contribution in [-0.4, -0.2) is 55.8 Å². The number of carbonyl (C=O) groups is 2. The Morgan fingerprint density at radius 3 is 2.43 bits per heavy atom. The lowest BCUT2D eigenvalue weighted by molar-refractivity contribution is -0.119. The molecule has 2 heterocycles. The molecule has 30 heavy (non-hydrogen) atoms. The van der Waals surface area contributed by atoms with Gasteiger partial charge >= 0.3 is 5.97 Å². The number of hydrogen-bond acceptors (Lipinski definition) is 7. The summed E-state index contributed by atoms with van der Waals surface area (Å²) in [5.74, 6) is 0.522. The number of sulfonamides is 1. The Kier molecular flexibility index (Phi) is 7.56. The SMILES string of the molecule is CC(C)c1ccc(NC(=O)COC(=O)c2sccc2S(=O)(=O)N2CCSCC2)cc1. The lowest BCUT2D eigenvalue weighted by Crippen LogP contribution is -2.38. The number of thioether (sulfide) groups is 1. The smallest absolute Gasteiger partial charge is 0.350 e. The molecule has 0 aliphatic carbocycles. The van der Waals surface area contributed by atoms with E-state index in [1.807, 2.05) is 12.1 Å². The normalized spacial score (nSPS) is 15.2. The second-order valence-electron chi connectivity index (χ2n) is 7.03. The van der Waals surface area contributed by atoms with E-state index in [9.17, 15) is 18.0 Å². The van der Waals surface area contributed by atoms with Gasteiger partial charge in [0.05, 0.1) is 0 Å². The van der Waals surface area contributed by atoms with E-state index in [0.29, 0.717) is 24.7 Å². The molecule has 7 nitrogen and oxygen atoms in total. The number of ether oxygens (including phenoxy) is 1. The van der Waals surface area contributed by atoms with E-state index in [1.165, 1.54) is 10.4 Å².